The third-order valence-corrected chi connectivity index (χ3v) is 2.61. The zero-order valence-electron chi connectivity index (χ0n) is 10.8. The molecule has 0 fully saturated rings. The van der Waals surface area contributed by atoms with Gasteiger partial charge in [-0.15, -0.1) is 0 Å². The minimum atomic E-state index is -3.03. The van der Waals surface area contributed by atoms with Gasteiger partial charge >= 0.3 is 12.6 Å². The lowest BCUT2D eigenvalue weighted by molar-refractivity contribution is -0.138. The molecule has 1 aromatic carbocycles. The van der Waals surface area contributed by atoms with Crippen LogP contribution in [0.2, 0.25) is 5.02 Å². The maximum atomic E-state index is 12.3. The van der Waals surface area contributed by atoms with E-state index in [9.17, 15) is 18.4 Å². The summed E-state index contributed by atoms with van der Waals surface area (Å²) in [6, 6.07) is 3.96. The highest BCUT2D eigenvalue weighted by molar-refractivity contribution is 6.30. The number of alkyl halides is 2. The second-order valence-electron chi connectivity index (χ2n) is 4.14. The first-order valence-electron chi connectivity index (χ1n) is 5.73. The van der Waals surface area contributed by atoms with Gasteiger partial charge in [-0.25, -0.2) is 0 Å². The molecular weight excluding hydrogens is 310 g/mol. The molecule has 0 radical (unpaired) electrons. The van der Waals surface area contributed by atoms with E-state index in [1.54, 1.807) is 0 Å². The predicted molar refractivity (Wildman–Crippen MR) is 70.2 cm³/mol. The quantitative estimate of drug-likeness (QED) is 0.753. The summed E-state index contributed by atoms with van der Waals surface area (Å²) in [5, 5.41) is 9.04. The predicted octanol–water partition coefficient (Wildman–Crippen LogP) is 1.31. The summed E-state index contributed by atoms with van der Waals surface area (Å²) in [7, 11) is 0. The Morgan fingerprint density at radius 2 is 2.05 bits per heavy atom. The van der Waals surface area contributed by atoms with Gasteiger partial charge in [0.2, 0.25) is 5.91 Å². The van der Waals surface area contributed by atoms with Crippen LogP contribution in [-0.2, 0) is 16.1 Å². The molecule has 1 aromatic rings. The average Bonchev–Trinajstić information content (AvgIpc) is 2.30. The number of hydrogen-bond acceptors (Lipinski definition) is 4. The summed E-state index contributed by atoms with van der Waals surface area (Å²) < 4.78 is 29.0. The lowest BCUT2D eigenvalue weighted by atomic mass is 10.2. The molecule has 3 N–H and O–H groups in total. The van der Waals surface area contributed by atoms with E-state index < -0.39 is 25.0 Å². The number of primary amides is 1. The van der Waals surface area contributed by atoms with Crippen molar-refractivity contribution in [3.8, 4) is 5.75 Å². The molecule has 1 amide bonds. The molecule has 0 spiro atoms. The number of aliphatic carboxylic acids is 1. The number of halogens is 3. The fraction of sp³-hybridized carbons (Fsp3) is 0.333. The largest absolute Gasteiger partial charge is 0.480 e. The number of nitrogens with zero attached hydrogens (tertiary/aromatic N) is 1. The van der Waals surface area contributed by atoms with Crippen LogP contribution in [0.5, 0.6) is 5.75 Å². The number of benzene rings is 1. The first kappa shape index (κ1) is 17.1. The van der Waals surface area contributed by atoms with Gasteiger partial charge in [-0.2, -0.15) is 8.78 Å². The first-order chi connectivity index (χ1) is 9.77. The Morgan fingerprint density at radius 3 is 2.57 bits per heavy atom. The SMILES string of the molecule is NC(=O)CN(CC(=O)O)Cc1cc(Cl)ccc1OC(F)F. The number of carbonyl (C=O) groups excluding carboxylic acids is 1. The van der Waals surface area contributed by atoms with Gasteiger partial charge < -0.3 is 15.6 Å². The molecule has 0 aliphatic heterocycles. The minimum absolute atomic E-state index is 0.127. The van der Waals surface area contributed by atoms with Crippen LogP contribution < -0.4 is 10.5 Å². The van der Waals surface area contributed by atoms with E-state index in [-0.39, 0.29) is 29.4 Å². The monoisotopic (exact) mass is 322 g/mol. The summed E-state index contributed by atoms with van der Waals surface area (Å²) in [4.78, 5) is 22.8. The van der Waals surface area contributed by atoms with Crippen molar-refractivity contribution in [2.75, 3.05) is 13.1 Å². The Kier molecular flexibility index (Phi) is 6.32. The highest BCUT2D eigenvalue weighted by Gasteiger charge is 2.17. The molecule has 6 nitrogen and oxygen atoms in total. The normalized spacial score (nSPS) is 10.9. The van der Waals surface area contributed by atoms with Gasteiger partial charge in [0.25, 0.3) is 0 Å². The lowest BCUT2D eigenvalue weighted by Crippen LogP contribution is -2.37. The molecule has 0 heterocycles. The number of carboxylic acids is 1. The standard InChI is InChI=1S/C12H13ClF2N2O4/c13-8-1-2-9(21-12(14)15)7(3-8)4-17(5-10(16)18)6-11(19)20/h1-3,12H,4-6H2,(H2,16,18)(H,19,20). The molecule has 0 unspecified atom stereocenters. The Balaban J connectivity index is 2.97. The smallest absolute Gasteiger partial charge is 0.387 e. The number of rotatable bonds is 8. The van der Waals surface area contributed by atoms with Gasteiger partial charge in [-0.1, -0.05) is 11.6 Å². The van der Waals surface area contributed by atoms with Crippen molar-refractivity contribution in [2.45, 2.75) is 13.2 Å². The van der Waals surface area contributed by atoms with Crippen LogP contribution in [-0.4, -0.2) is 41.6 Å². The van der Waals surface area contributed by atoms with Crippen molar-refractivity contribution in [1.82, 2.24) is 4.90 Å². The summed E-state index contributed by atoms with van der Waals surface area (Å²) in [6.45, 7) is -3.98. The summed E-state index contributed by atoms with van der Waals surface area (Å²) in [5.41, 5.74) is 5.25. The second kappa shape index (κ2) is 7.75. The number of nitrogens with two attached hydrogens (primary N) is 1. The van der Waals surface area contributed by atoms with Crippen LogP contribution in [0.25, 0.3) is 0 Å². The van der Waals surface area contributed by atoms with E-state index >= 15 is 0 Å². The van der Waals surface area contributed by atoms with E-state index in [1.807, 2.05) is 0 Å². The van der Waals surface area contributed by atoms with Crippen molar-refractivity contribution >= 4 is 23.5 Å². The van der Waals surface area contributed by atoms with Gasteiger partial charge in [-0.05, 0) is 18.2 Å². The van der Waals surface area contributed by atoms with Gasteiger partial charge in [0.15, 0.2) is 0 Å². The van der Waals surface area contributed by atoms with E-state index in [0.717, 1.165) is 0 Å². The third-order valence-electron chi connectivity index (χ3n) is 2.37. The molecule has 21 heavy (non-hydrogen) atoms. The van der Waals surface area contributed by atoms with E-state index in [4.69, 9.17) is 22.4 Å². The Hall–Kier alpha value is -1.93. The molecular formula is C12H13ClF2N2O4. The van der Waals surface area contributed by atoms with Crippen LogP contribution in [0.3, 0.4) is 0 Å². The van der Waals surface area contributed by atoms with Gasteiger partial charge in [0.1, 0.15) is 5.75 Å². The number of hydrogen-bond donors (Lipinski definition) is 2. The zero-order valence-corrected chi connectivity index (χ0v) is 11.5. The highest BCUT2D eigenvalue weighted by atomic mass is 35.5. The molecule has 0 aliphatic rings. The maximum Gasteiger partial charge on any atom is 0.387 e. The lowest BCUT2D eigenvalue weighted by Gasteiger charge is -2.20. The number of carbonyl (C=O) groups is 2. The molecule has 9 heteroatoms. The summed E-state index contributed by atoms with van der Waals surface area (Å²) in [6.07, 6.45) is 0. The summed E-state index contributed by atoms with van der Waals surface area (Å²) >= 11 is 5.78. The zero-order chi connectivity index (χ0) is 16.0. The third kappa shape index (κ3) is 6.37. The van der Waals surface area contributed by atoms with Crippen LogP contribution in [0.1, 0.15) is 5.56 Å². The topological polar surface area (TPSA) is 92.9 Å². The van der Waals surface area contributed by atoms with Crippen LogP contribution >= 0.6 is 11.6 Å². The molecule has 0 aromatic heterocycles. The van der Waals surface area contributed by atoms with Crippen molar-refractivity contribution < 1.29 is 28.2 Å². The maximum absolute atomic E-state index is 12.3. The van der Waals surface area contributed by atoms with Crippen LogP contribution in [0.15, 0.2) is 18.2 Å². The van der Waals surface area contributed by atoms with E-state index in [2.05, 4.69) is 4.74 Å². The Bertz CT molecular complexity index is 512. The van der Waals surface area contributed by atoms with E-state index in [0.29, 0.717) is 0 Å². The fourth-order valence-corrected chi connectivity index (χ4v) is 1.90. The Labute approximate surface area is 124 Å². The molecule has 1 rings (SSSR count). The van der Waals surface area contributed by atoms with Gasteiger partial charge in [0.05, 0.1) is 13.1 Å². The van der Waals surface area contributed by atoms with Crippen molar-refractivity contribution in [2.24, 2.45) is 5.73 Å². The van der Waals surface area contributed by atoms with Gasteiger partial charge in [-0.3, -0.25) is 14.5 Å². The summed E-state index contributed by atoms with van der Waals surface area (Å²) in [5.74, 6) is -2.07. The number of amides is 1. The molecule has 0 aliphatic carbocycles. The fourth-order valence-electron chi connectivity index (χ4n) is 1.70. The van der Waals surface area contributed by atoms with Crippen molar-refractivity contribution in [3.05, 3.63) is 28.8 Å². The molecule has 0 saturated heterocycles. The molecule has 0 saturated carbocycles. The first-order valence-corrected chi connectivity index (χ1v) is 6.11. The molecule has 116 valence electrons. The van der Waals surface area contributed by atoms with Crippen molar-refractivity contribution in [1.29, 1.82) is 0 Å². The van der Waals surface area contributed by atoms with Crippen molar-refractivity contribution in [3.63, 3.8) is 0 Å². The highest BCUT2D eigenvalue weighted by Crippen LogP contribution is 2.25. The number of carboxylic acid groups (broad SMARTS) is 1. The Morgan fingerprint density at radius 1 is 1.38 bits per heavy atom. The molecule has 0 bridgehead atoms. The van der Waals surface area contributed by atoms with Crippen LogP contribution in [0, 0.1) is 0 Å². The number of ether oxygens (including phenoxy) is 1. The average molecular weight is 323 g/mol. The van der Waals surface area contributed by atoms with Gasteiger partial charge in [0, 0.05) is 17.1 Å². The van der Waals surface area contributed by atoms with Crippen LogP contribution in [0.4, 0.5) is 8.78 Å². The van der Waals surface area contributed by atoms with E-state index in [1.165, 1.54) is 23.1 Å². The second-order valence-corrected chi connectivity index (χ2v) is 4.57. The minimum Gasteiger partial charge on any atom is -0.480 e. The molecule has 0 atom stereocenters.